The summed E-state index contributed by atoms with van der Waals surface area (Å²) in [5, 5.41) is 11.5. The highest BCUT2D eigenvalue weighted by molar-refractivity contribution is 5.47. The molecule has 2 aliphatic rings. The Bertz CT molecular complexity index is 1010. The van der Waals surface area contributed by atoms with Gasteiger partial charge in [0.25, 0.3) is 0 Å². The maximum Gasteiger partial charge on any atom is 0.232 e. The summed E-state index contributed by atoms with van der Waals surface area (Å²) in [4.78, 5) is 21.1. The summed E-state index contributed by atoms with van der Waals surface area (Å²) in [6, 6.07) is 0.728. The highest BCUT2D eigenvalue weighted by atomic mass is 15.4. The number of hydrogen-bond acceptors (Lipinski definition) is 8. The first-order valence-corrected chi connectivity index (χ1v) is 21.7. The van der Waals surface area contributed by atoms with E-state index >= 15 is 0 Å². The van der Waals surface area contributed by atoms with Crippen LogP contribution in [0.2, 0.25) is 0 Å². The lowest BCUT2D eigenvalue weighted by Gasteiger charge is -2.50. The van der Waals surface area contributed by atoms with Crippen LogP contribution in [0.3, 0.4) is 0 Å². The Hall–Kier alpha value is -1.67. The molecule has 0 bridgehead atoms. The minimum atomic E-state index is 0.0435. The van der Waals surface area contributed by atoms with Gasteiger partial charge in [0, 0.05) is 53.9 Å². The number of nitrogens with one attached hydrogen (secondary N) is 3. The molecule has 51 heavy (non-hydrogen) atoms. The van der Waals surface area contributed by atoms with Crippen molar-refractivity contribution in [2.45, 2.75) is 239 Å². The Morgan fingerprint density at radius 1 is 0.490 bits per heavy atom. The average molecular weight is 713 g/mol. The van der Waals surface area contributed by atoms with Crippen LogP contribution < -0.4 is 25.8 Å². The maximum atomic E-state index is 5.44. The Kier molecular flexibility index (Phi) is 17.7. The fraction of sp³-hybridized carbons (Fsp3) is 0.930. The number of nitrogens with zero attached hydrogens (tertiary/aromatic N) is 5. The summed E-state index contributed by atoms with van der Waals surface area (Å²) in [6.45, 7) is 28.6. The summed E-state index contributed by atoms with van der Waals surface area (Å²) in [5.74, 6) is 2.47. The van der Waals surface area contributed by atoms with Gasteiger partial charge in [0.15, 0.2) is 0 Å². The van der Waals surface area contributed by atoms with Crippen molar-refractivity contribution in [2.75, 3.05) is 34.8 Å². The molecule has 0 saturated carbocycles. The number of hydrogen-bond donors (Lipinski definition) is 3. The van der Waals surface area contributed by atoms with Crippen molar-refractivity contribution >= 4 is 17.8 Å². The van der Waals surface area contributed by atoms with Crippen molar-refractivity contribution in [1.82, 2.24) is 25.6 Å². The lowest BCUT2D eigenvalue weighted by atomic mass is 9.79. The molecule has 3 rings (SSSR count). The Morgan fingerprint density at radius 3 is 1.18 bits per heavy atom. The van der Waals surface area contributed by atoms with E-state index in [9.17, 15) is 0 Å². The molecule has 1 aromatic rings. The van der Waals surface area contributed by atoms with Gasteiger partial charge in [-0.2, -0.15) is 15.0 Å². The van der Waals surface area contributed by atoms with Gasteiger partial charge in [-0.1, -0.05) is 104 Å². The smallest absolute Gasteiger partial charge is 0.232 e. The third-order valence-corrected chi connectivity index (χ3v) is 11.2. The van der Waals surface area contributed by atoms with Crippen LogP contribution >= 0.6 is 0 Å². The molecule has 0 atom stereocenters. The molecule has 3 heterocycles. The van der Waals surface area contributed by atoms with Crippen LogP contribution in [0, 0.1) is 0 Å². The number of anilines is 3. The Balaban J connectivity index is 1.83. The van der Waals surface area contributed by atoms with Gasteiger partial charge in [-0.3, -0.25) is 0 Å². The standard InChI is InChI=1S/C43H84N8/c1-12-15-18-19-20-21-22-23-24-25-26-27-28-44-37-45-38(50(29-16-13-2)35-31-40(4,5)48-41(6,7)32-35)47-39(46-37)51(30-17-14-3)36-33-42(8,9)49-43(10,11)34-36/h35-36,48-49H,12-34H2,1-11H3,(H,44,45,46,47). The highest BCUT2D eigenvalue weighted by Gasteiger charge is 2.42. The van der Waals surface area contributed by atoms with Crippen LogP contribution in [-0.2, 0) is 0 Å². The lowest BCUT2D eigenvalue weighted by Crippen LogP contribution is -2.63. The molecule has 0 unspecified atom stereocenters. The van der Waals surface area contributed by atoms with Crippen molar-refractivity contribution in [3.8, 4) is 0 Å². The third kappa shape index (κ3) is 15.7. The molecular formula is C43H84N8. The van der Waals surface area contributed by atoms with E-state index in [1.165, 1.54) is 70.6 Å². The Morgan fingerprint density at radius 2 is 0.824 bits per heavy atom. The van der Waals surface area contributed by atoms with E-state index in [0.717, 1.165) is 95.3 Å². The van der Waals surface area contributed by atoms with E-state index in [0.29, 0.717) is 12.1 Å². The van der Waals surface area contributed by atoms with Gasteiger partial charge in [-0.15, -0.1) is 0 Å². The van der Waals surface area contributed by atoms with Crippen LogP contribution in [-0.4, -0.2) is 68.8 Å². The molecule has 0 aliphatic carbocycles. The molecule has 1 aromatic heterocycles. The zero-order valence-electron chi connectivity index (χ0n) is 35.7. The molecule has 2 aliphatic heterocycles. The maximum absolute atomic E-state index is 5.44. The topological polar surface area (TPSA) is 81.2 Å². The summed E-state index contributed by atoms with van der Waals surface area (Å²) in [7, 11) is 0. The van der Waals surface area contributed by atoms with Crippen LogP contribution in [0.1, 0.15) is 205 Å². The molecule has 0 spiro atoms. The quantitative estimate of drug-likeness (QED) is 0.0914. The molecule has 0 radical (unpaired) electrons. The van der Waals surface area contributed by atoms with Gasteiger partial charge in [-0.05, 0) is 100 Å². The predicted octanol–water partition coefficient (Wildman–Crippen LogP) is 10.8. The average Bonchev–Trinajstić information content (AvgIpc) is 3.01. The molecule has 0 amide bonds. The Labute approximate surface area is 316 Å². The zero-order chi connectivity index (χ0) is 37.5. The highest BCUT2D eigenvalue weighted by Crippen LogP contribution is 2.36. The van der Waals surface area contributed by atoms with Gasteiger partial charge in [0.2, 0.25) is 17.8 Å². The summed E-state index contributed by atoms with van der Waals surface area (Å²) >= 11 is 0. The minimum absolute atomic E-state index is 0.0435. The largest absolute Gasteiger partial charge is 0.354 e. The minimum Gasteiger partial charge on any atom is -0.354 e. The van der Waals surface area contributed by atoms with Gasteiger partial charge in [0.1, 0.15) is 0 Å². The molecule has 3 N–H and O–H groups in total. The van der Waals surface area contributed by atoms with Crippen LogP contribution in [0.4, 0.5) is 17.8 Å². The van der Waals surface area contributed by atoms with Gasteiger partial charge in [-0.25, -0.2) is 0 Å². The van der Waals surface area contributed by atoms with Gasteiger partial charge < -0.3 is 25.8 Å². The normalized spacial score (nSPS) is 20.0. The summed E-state index contributed by atoms with van der Waals surface area (Å²) in [5.41, 5.74) is 0.174. The number of unbranched alkanes of at least 4 members (excludes halogenated alkanes) is 13. The van der Waals surface area contributed by atoms with Gasteiger partial charge in [0.05, 0.1) is 0 Å². The first-order valence-electron chi connectivity index (χ1n) is 21.7. The first-order chi connectivity index (χ1) is 24.1. The van der Waals surface area contributed by atoms with E-state index in [4.69, 9.17) is 15.0 Å². The molecule has 8 nitrogen and oxygen atoms in total. The van der Waals surface area contributed by atoms with Crippen LogP contribution in [0.5, 0.6) is 0 Å². The van der Waals surface area contributed by atoms with Crippen molar-refractivity contribution in [3.05, 3.63) is 0 Å². The van der Waals surface area contributed by atoms with E-state index in [1.54, 1.807) is 0 Å². The van der Waals surface area contributed by atoms with Crippen LogP contribution in [0.25, 0.3) is 0 Å². The van der Waals surface area contributed by atoms with E-state index in [1.807, 2.05) is 0 Å². The molecule has 0 aromatic carbocycles. The second-order valence-corrected chi connectivity index (χ2v) is 19.1. The zero-order valence-corrected chi connectivity index (χ0v) is 35.7. The summed E-state index contributed by atoms with van der Waals surface area (Å²) < 4.78 is 0. The monoisotopic (exact) mass is 713 g/mol. The molecule has 8 heteroatoms. The number of aromatic nitrogens is 3. The van der Waals surface area contributed by atoms with E-state index in [2.05, 4.69) is 102 Å². The second-order valence-electron chi connectivity index (χ2n) is 19.1. The van der Waals surface area contributed by atoms with Crippen molar-refractivity contribution in [1.29, 1.82) is 0 Å². The second kappa shape index (κ2) is 20.7. The number of rotatable bonds is 24. The van der Waals surface area contributed by atoms with E-state index in [-0.39, 0.29) is 22.2 Å². The molecular weight excluding hydrogens is 629 g/mol. The third-order valence-electron chi connectivity index (χ3n) is 11.2. The summed E-state index contributed by atoms with van der Waals surface area (Å²) in [6.07, 6.45) is 25.1. The molecule has 296 valence electrons. The van der Waals surface area contributed by atoms with Crippen LogP contribution in [0.15, 0.2) is 0 Å². The molecule has 2 fully saturated rings. The lowest BCUT2D eigenvalue weighted by molar-refractivity contribution is 0.157. The van der Waals surface area contributed by atoms with Gasteiger partial charge >= 0.3 is 0 Å². The van der Waals surface area contributed by atoms with Crippen molar-refractivity contribution < 1.29 is 0 Å². The fourth-order valence-corrected chi connectivity index (χ4v) is 9.38. The van der Waals surface area contributed by atoms with Crippen molar-refractivity contribution in [3.63, 3.8) is 0 Å². The first kappa shape index (κ1) is 43.7. The van der Waals surface area contributed by atoms with Crippen molar-refractivity contribution in [2.24, 2.45) is 0 Å². The fourth-order valence-electron chi connectivity index (χ4n) is 9.38. The number of piperidine rings is 2. The van der Waals surface area contributed by atoms with E-state index < -0.39 is 0 Å². The predicted molar refractivity (Wildman–Crippen MR) is 223 cm³/mol. The SMILES string of the molecule is CCCCCCCCCCCCCCNc1nc(N(CCCC)C2CC(C)(C)NC(C)(C)C2)nc(N(CCCC)C2CC(C)(C)NC(C)(C)C2)n1. The molecule has 2 saturated heterocycles.